The minimum atomic E-state index is 0.230. The van der Waals surface area contributed by atoms with Crippen molar-refractivity contribution in [3.8, 4) is 11.5 Å². The number of phenolic OH excluding ortho intramolecular Hbond substituents is 1. The number of nitrogens with zero attached hydrogens (tertiary/aromatic N) is 1. The zero-order valence-corrected chi connectivity index (χ0v) is 10.8. The first-order valence-corrected chi connectivity index (χ1v) is 6.62. The van der Waals surface area contributed by atoms with Crippen LogP contribution in [0, 0.1) is 0 Å². The van der Waals surface area contributed by atoms with Gasteiger partial charge in [0.1, 0.15) is 6.61 Å². The second-order valence-electron chi connectivity index (χ2n) is 4.94. The number of ether oxygens (including phenoxy) is 1. The Hall–Kier alpha value is -1.88. The van der Waals surface area contributed by atoms with Crippen molar-refractivity contribution in [3.05, 3.63) is 35.7 Å². The van der Waals surface area contributed by atoms with E-state index in [1.165, 1.54) is 5.70 Å². The number of phenols is 1. The maximum Gasteiger partial charge on any atom is 0.164 e. The van der Waals surface area contributed by atoms with E-state index in [0.29, 0.717) is 24.9 Å². The molecule has 19 heavy (non-hydrogen) atoms. The van der Waals surface area contributed by atoms with E-state index in [1.807, 2.05) is 18.3 Å². The van der Waals surface area contributed by atoms with Crippen LogP contribution in [0.25, 0.3) is 0 Å². The number of hydrogen-bond donors (Lipinski definition) is 3. The molecule has 0 unspecified atom stereocenters. The highest BCUT2D eigenvalue weighted by molar-refractivity contribution is 5.47. The van der Waals surface area contributed by atoms with E-state index in [9.17, 15) is 5.11 Å². The van der Waals surface area contributed by atoms with E-state index in [4.69, 9.17) is 10.5 Å². The van der Waals surface area contributed by atoms with E-state index in [-0.39, 0.29) is 5.75 Å². The highest BCUT2D eigenvalue weighted by Gasteiger charge is 2.29. The van der Waals surface area contributed by atoms with Crippen molar-refractivity contribution in [3.63, 3.8) is 0 Å². The SMILES string of the molecule is NCCC1=CNCN1[C@H]1COc2c(O)cccc2C1. The van der Waals surface area contributed by atoms with Crippen LogP contribution in [0.15, 0.2) is 30.1 Å². The van der Waals surface area contributed by atoms with Gasteiger partial charge >= 0.3 is 0 Å². The van der Waals surface area contributed by atoms with Crippen molar-refractivity contribution in [2.24, 2.45) is 5.73 Å². The standard InChI is InChI=1S/C14H19N3O2/c15-5-4-11-7-16-9-17(11)12-6-10-2-1-3-13(18)14(10)19-8-12/h1-3,7,12,16,18H,4-6,8-9,15H2/t12-/m1/s1. The number of benzene rings is 1. The lowest BCUT2D eigenvalue weighted by molar-refractivity contribution is 0.148. The second-order valence-corrected chi connectivity index (χ2v) is 4.94. The lowest BCUT2D eigenvalue weighted by atomic mass is 10.0. The monoisotopic (exact) mass is 261 g/mol. The molecule has 3 rings (SSSR count). The molecule has 0 fully saturated rings. The molecule has 0 aromatic heterocycles. The molecule has 102 valence electrons. The molecule has 1 aromatic rings. The number of hydrogen-bond acceptors (Lipinski definition) is 5. The molecule has 5 nitrogen and oxygen atoms in total. The van der Waals surface area contributed by atoms with E-state index in [0.717, 1.165) is 25.1 Å². The van der Waals surface area contributed by atoms with Gasteiger partial charge < -0.3 is 25.8 Å². The molecule has 1 aromatic carbocycles. The first-order chi connectivity index (χ1) is 9.29. The highest BCUT2D eigenvalue weighted by Crippen LogP contribution is 2.35. The van der Waals surface area contributed by atoms with E-state index < -0.39 is 0 Å². The molecular weight excluding hydrogens is 242 g/mol. The second kappa shape index (κ2) is 5.01. The molecule has 0 saturated heterocycles. The van der Waals surface area contributed by atoms with Crippen LogP contribution < -0.4 is 15.8 Å². The molecule has 0 aliphatic carbocycles. The van der Waals surface area contributed by atoms with Gasteiger partial charge in [0.25, 0.3) is 0 Å². The molecule has 0 radical (unpaired) electrons. The predicted molar refractivity (Wildman–Crippen MR) is 72.7 cm³/mol. The quantitative estimate of drug-likeness (QED) is 0.749. The van der Waals surface area contributed by atoms with Crippen LogP contribution in [0.4, 0.5) is 0 Å². The Morgan fingerprint density at radius 3 is 3.21 bits per heavy atom. The summed E-state index contributed by atoms with van der Waals surface area (Å²) in [5, 5.41) is 13.0. The number of nitrogens with one attached hydrogen (secondary N) is 1. The Balaban J connectivity index is 1.77. The Bertz CT molecular complexity index is 501. The first kappa shape index (κ1) is 12.2. The van der Waals surface area contributed by atoms with Gasteiger partial charge in [0.05, 0.1) is 12.7 Å². The van der Waals surface area contributed by atoms with Gasteiger partial charge in [-0.25, -0.2) is 0 Å². The zero-order valence-electron chi connectivity index (χ0n) is 10.8. The Morgan fingerprint density at radius 1 is 1.47 bits per heavy atom. The molecule has 4 N–H and O–H groups in total. The predicted octanol–water partition coefficient (Wildman–Crippen LogP) is 0.749. The molecule has 0 amide bonds. The number of rotatable bonds is 3. The molecule has 2 aliphatic rings. The van der Waals surface area contributed by atoms with Crippen molar-refractivity contribution in [2.75, 3.05) is 19.8 Å². The topological polar surface area (TPSA) is 70.8 Å². The van der Waals surface area contributed by atoms with Crippen LogP contribution in [-0.2, 0) is 6.42 Å². The number of fused-ring (bicyclic) bond motifs is 1. The summed E-state index contributed by atoms with van der Waals surface area (Å²) in [5.74, 6) is 0.864. The third-order valence-corrected chi connectivity index (χ3v) is 3.69. The van der Waals surface area contributed by atoms with Crippen LogP contribution in [0.5, 0.6) is 11.5 Å². The first-order valence-electron chi connectivity index (χ1n) is 6.62. The third-order valence-electron chi connectivity index (χ3n) is 3.69. The fourth-order valence-corrected chi connectivity index (χ4v) is 2.76. The fourth-order valence-electron chi connectivity index (χ4n) is 2.76. The summed E-state index contributed by atoms with van der Waals surface area (Å²) < 4.78 is 5.73. The van der Waals surface area contributed by atoms with Gasteiger partial charge in [0.15, 0.2) is 11.5 Å². The van der Waals surface area contributed by atoms with Gasteiger partial charge in [-0.3, -0.25) is 0 Å². The van der Waals surface area contributed by atoms with Crippen molar-refractivity contribution in [1.82, 2.24) is 10.2 Å². The molecule has 2 heterocycles. The van der Waals surface area contributed by atoms with Crippen LogP contribution in [0.3, 0.4) is 0 Å². The van der Waals surface area contributed by atoms with Gasteiger partial charge in [-0.15, -0.1) is 0 Å². The summed E-state index contributed by atoms with van der Waals surface area (Å²) in [6.45, 7) is 2.04. The number of aromatic hydroxyl groups is 1. The maximum absolute atomic E-state index is 9.77. The van der Waals surface area contributed by atoms with Crippen LogP contribution >= 0.6 is 0 Å². The van der Waals surface area contributed by atoms with Gasteiger partial charge in [0.2, 0.25) is 0 Å². The normalized spacial score (nSPS) is 21.4. The van der Waals surface area contributed by atoms with Gasteiger partial charge in [-0.05, 0) is 19.0 Å². The van der Waals surface area contributed by atoms with E-state index in [2.05, 4.69) is 10.2 Å². The Morgan fingerprint density at radius 2 is 2.37 bits per heavy atom. The Labute approximate surface area is 112 Å². The van der Waals surface area contributed by atoms with Crippen molar-refractivity contribution in [2.45, 2.75) is 18.9 Å². The molecule has 1 atom stereocenters. The summed E-state index contributed by atoms with van der Waals surface area (Å²) in [7, 11) is 0. The summed E-state index contributed by atoms with van der Waals surface area (Å²) >= 11 is 0. The molecular formula is C14H19N3O2. The van der Waals surface area contributed by atoms with Crippen molar-refractivity contribution < 1.29 is 9.84 Å². The molecule has 0 spiro atoms. The summed E-state index contributed by atoms with van der Waals surface area (Å²) in [4.78, 5) is 2.31. The van der Waals surface area contributed by atoms with Gasteiger partial charge in [0, 0.05) is 23.9 Å². The average Bonchev–Trinajstić information content (AvgIpc) is 2.87. The summed E-state index contributed by atoms with van der Waals surface area (Å²) in [5.41, 5.74) is 7.94. The molecule has 0 saturated carbocycles. The van der Waals surface area contributed by atoms with E-state index >= 15 is 0 Å². The third kappa shape index (κ3) is 2.21. The van der Waals surface area contributed by atoms with Crippen LogP contribution in [0.2, 0.25) is 0 Å². The minimum Gasteiger partial charge on any atom is -0.504 e. The number of nitrogens with two attached hydrogens (primary N) is 1. The molecule has 2 aliphatic heterocycles. The molecule has 0 bridgehead atoms. The Kier molecular flexibility index (Phi) is 3.21. The summed E-state index contributed by atoms with van der Waals surface area (Å²) in [6.07, 6.45) is 3.79. The lowest BCUT2D eigenvalue weighted by Gasteiger charge is -2.35. The molecule has 5 heteroatoms. The van der Waals surface area contributed by atoms with Gasteiger partial charge in [-0.1, -0.05) is 12.1 Å². The smallest absolute Gasteiger partial charge is 0.164 e. The fraction of sp³-hybridized carbons (Fsp3) is 0.429. The van der Waals surface area contributed by atoms with E-state index in [1.54, 1.807) is 6.07 Å². The highest BCUT2D eigenvalue weighted by atomic mass is 16.5. The van der Waals surface area contributed by atoms with Crippen LogP contribution in [-0.4, -0.2) is 35.9 Å². The number of para-hydroxylation sites is 1. The van der Waals surface area contributed by atoms with Crippen LogP contribution in [0.1, 0.15) is 12.0 Å². The lowest BCUT2D eigenvalue weighted by Crippen LogP contribution is -2.43. The average molecular weight is 261 g/mol. The largest absolute Gasteiger partial charge is 0.504 e. The minimum absolute atomic E-state index is 0.230. The van der Waals surface area contributed by atoms with Gasteiger partial charge in [-0.2, -0.15) is 0 Å². The summed E-state index contributed by atoms with van der Waals surface area (Å²) in [6, 6.07) is 5.83. The zero-order chi connectivity index (χ0) is 13.2. The maximum atomic E-state index is 9.77. The van der Waals surface area contributed by atoms with Crippen molar-refractivity contribution >= 4 is 0 Å². The van der Waals surface area contributed by atoms with Crippen molar-refractivity contribution in [1.29, 1.82) is 0 Å².